The minimum atomic E-state index is -0.227. The molecule has 0 radical (unpaired) electrons. The molecule has 1 unspecified atom stereocenters. The van der Waals surface area contributed by atoms with Crippen LogP contribution in [0.5, 0.6) is 0 Å². The number of anilines is 1. The van der Waals surface area contributed by atoms with Crippen molar-refractivity contribution >= 4 is 17.4 Å². The highest BCUT2D eigenvalue weighted by Crippen LogP contribution is 2.16. The molecule has 1 saturated carbocycles. The Morgan fingerprint density at radius 3 is 2.60 bits per heavy atom. The van der Waals surface area contributed by atoms with Gasteiger partial charge in [0.25, 0.3) is 5.91 Å². The van der Waals surface area contributed by atoms with Crippen LogP contribution in [0.3, 0.4) is 0 Å². The van der Waals surface area contributed by atoms with Crippen molar-refractivity contribution < 1.29 is 18.9 Å². The highest BCUT2D eigenvalue weighted by molar-refractivity contribution is 5.97. The first-order chi connectivity index (χ1) is 12.0. The molecule has 0 aromatic heterocycles. The van der Waals surface area contributed by atoms with Gasteiger partial charge in [-0.25, -0.2) is 4.39 Å². The van der Waals surface area contributed by atoms with Crippen molar-refractivity contribution in [1.82, 2.24) is 0 Å². The molecule has 2 N–H and O–H groups in total. The molecule has 1 amide bonds. The zero-order chi connectivity index (χ0) is 17.8. The summed E-state index contributed by atoms with van der Waals surface area (Å²) in [7, 11) is 0. The summed E-state index contributed by atoms with van der Waals surface area (Å²) in [5, 5.41) is 2.84. The summed E-state index contributed by atoms with van der Waals surface area (Å²) in [5.41, 5.74) is 1.81. The average Bonchev–Trinajstić information content (AvgIpc) is 3.41. The Bertz CT molecular complexity index is 787. The Balaban J connectivity index is 1.64. The SMILES string of the molecule is CC(=O)c1cccc(NC(=O)C[NH+](Cc2ccccc2F)C2CC2)c1. The van der Waals surface area contributed by atoms with Gasteiger partial charge >= 0.3 is 0 Å². The zero-order valence-electron chi connectivity index (χ0n) is 14.2. The number of nitrogens with one attached hydrogen (secondary N) is 2. The van der Waals surface area contributed by atoms with Gasteiger partial charge in [0, 0.05) is 29.7 Å². The lowest BCUT2D eigenvalue weighted by molar-refractivity contribution is -0.917. The lowest BCUT2D eigenvalue weighted by Gasteiger charge is -2.19. The van der Waals surface area contributed by atoms with Gasteiger partial charge in [0.2, 0.25) is 0 Å². The van der Waals surface area contributed by atoms with Crippen LogP contribution in [0, 0.1) is 5.82 Å². The second-order valence-corrected chi connectivity index (χ2v) is 6.56. The van der Waals surface area contributed by atoms with E-state index in [0.717, 1.165) is 17.7 Å². The molecule has 1 fully saturated rings. The maximum Gasteiger partial charge on any atom is 0.279 e. The summed E-state index contributed by atoms with van der Waals surface area (Å²) < 4.78 is 13.9. The molecule has 5 heteroatoms. The van der Waals surface area contributed by atoms with Gasteiger partial charge < -0.3 is 10.2 Å². The molecule has 0 bridgehead atoms. The van der Waals surface area contributed by atoms with Gasteiger partial charge in [-0.05, 0) is 25.1 Å². The van der Waals surface area contributed by atoms with Crippen LogP contribution in [0.25, 0.3) is 0 Å². The topological polar surface area (TPSA) is 50.6 Å². The quantitative estimate of drug-likeness (QED) is 0.759. The molecule has 4 nitrogen and oxygen atoms in total. The van der Waals surface area contributed by atoms with Crippen LogP contribution in [-0.2, 0) is 11.3 Å². The molecule has 0 aliphatic heterocycles. The number of halogens is 1. The third kappa shape index (κ3) is 4.73. The summed E-state index contributed by atoms with van der Waals surface area (Å²) >= 11 is 0. The van der Waals surface area contributed by atoms with Crippen LogP contribution >= 0.6 is 0 Å². The Hall–Kier alpha value is -2.53. The largest absolute Gasteiger partial charge is 0.321 e. The van der Waals surface area contributed by atoms with E-state index in [4.69, 9.17) is 0 Å². The lowest BCUT2D eigenvalue weighted by Crippen LogP contribution is -3.13. The molecule has 3 rings (SSSR count). The number of ketones is 1. The summed E-state index contributed by atoms with van der Waals surface area (Å²) in [6.07, 6.45) is 2.13. The van der Waals surface area contributed by atoms with Crippen LogP contribution in [0.15, 0.2) is 48.5 Å². The van der Waals surface area contributed by atoms with Crippen molar-refractivity contribution in [3.05, 3.63) is 65.5 Å². The highest BCUT2D eigenvalue weighted by atomic mass is 19.1. The van der Waals surface area contributed by atoms with Crippen molar-refractivity contribution in [2.75, 3.05) is 11.9 Å². The molecule has 130 valence electrons. The molecule has 1 aliphatic rings. The van der Waals surface area contributed by atoms with Gasteiger partial charge in [0.1, 0.15) is 12.4 Å². The van der Waals surface area contributed by atoms with Crippen LogP contribution in [-0.4, -0.2) is 24.3 Å². The Kier molecular flexibility index (Phi) is 5.24. The van der Waals surface area contributed by atoms with Crippen LogP contribution in [0.2, 0.25) is 0 Å². The number of hydrogen-bond acceptors (Lipinski definition) is 2. The van der Waals surface area contributed by atoms with E-state index in [1.54, 1.807) is 36.4 Å². The number of Topliss-reactive ketones (excluding diaryl/α,β-unsaturated/α-hetero) is 1. The number of rotatable bonds is 7. The molecule has 25 heavy (non-hydrogen) atoms. The van der Waals surface area contributed by atoms with Crippen molar-refractivity contribution in [2.24, 2.45) is 0 Å². The number of amides is 1. The Morgan fingerprint density at radius 1 is 1.16 bits per heavy atom. The Labute approximate surface area is 146 Å². The lowest BCUT2D eigenvalue weighted by atomic mass is 10.1. The highest BCUT2D eigenvalue weighted by Gasteiger charge is 2.35. The van der Waals surface area contributed by atoms with Gasteiger partial charge in [-0.15, -0.1) is 0 Å². The predicted molar refractivity (Wildman–Crippen MR) is 94.0 cm³/mol. The molecular weight excluding hydrogens is 319 g/mol. The predicted octanol–water partition coefficient (Wildman–Crippen LogP) is 2.21. The normalized spacial score (nSPS) is 14.8. The number of benzene rings is 2. The monoisotopic (exact) mass is 341 g/mol. The fourth-order valence-corrected chi connectivity index (χ4v) is 2.96. The standard InChI is InChI=1S/C20H21FN2O2/c1-14(24)15-6-4-7-17(11-15)22-20(25)13-23(18-9-10-18)12-16-5-2-3-8-19(16)21/h2-8,11,18H,9-10,12-13H2,1H3,(H,22,25)/p+1. The van der Waals surface area contributed by atoms with E-state index in [0.29, 0.717) is 29.4 Å². The molecule has 0 spiro atoms. The van der Waals surface area contributed by atoms with Crippen LogP contribution in [0.1, 0.15) is 35.7 Å². The molecule has 0 heterocycles. The smallest absolute Gasteiger partial charge is 0.279 e. The molecule has 1 atom stereocenters. The van der Waals surface area contributed by atoms with E-state index >= 15 is 0 Å². The van der Waals surface area contributed by atoms with Gasteiger partial charge in [0.15, 0.2) is 12.3 Å². The first-order valence-electron chi connectivity index (χ1n) is 8.52. The molecular formula is C20H22FN2O2+. The van der Waals surface area contributed by atoms with Crippen molar-refractivity contribution in [3.8, 4) is 0 Å². The summed E-state index contributed by atoms with van der Waals surface area (Å²) in [4.78, 5) is 24.9. The number of carbonyl (C=O) groups excluding carboxylic acids is 2. The second kappa shape index (κ2) is 7.57. The van der Waals surface area contributed by atoms with Crippen LogP contribution < -0.4 is 10.2 Å². The van der Waals surface area contributed by atoms with Crippen molar-refractivity contribution in [1.29, 1.82) is 0 Å². The molecule has 2 aromatic carbocycles. The summed E-state index contributed by atoms with van der Waals surface area (Å²) in [5.74, 6) is -0.393. The maximum absolute atomic E-state index is 13.9. The first kappa shape index (κ1) is 17.3. The van der Waals surface area contributed by atoms with E-state index in [-0.39, 0.29) is 24.1 Å². The number of quaternary nitrogens is 1. The van der Waals surface area contributed by atoms with E-state index in [1.165, 1.54) is 13.0 Å². The van der Waals surface area contributed by atoms with Gasteiger partial charge in [-0.2, -0.15) is 0 Å². The molecule has 0 saturated heterocycles. The van der Waals surface area contributed by atoms with E-state index in [1.807, 2.05) is 6.07 Å². The minimum absolute atomic E-state index is 0.0408. The third-order valence-electron chi connectivity index (χ3n) is 4.47. The van der Waals surface area contributed by atoms with Gasteiger partial charge in [-0.1, -0.05) is 30.3 Å². The van der Waals surface area contributed by atoms with E-state index in [2.05, 4.69) is 5.32 Å². The fraction of sp³-hybridized carbons (Fsp3) is 0.300. The summed E-state index contributed by atoms with van der Waals surface area (Å²) in [6, 6.07) is 14.0. The average molecular weight is 341 g/mol. The van der Waals surface area contributed by atoms with Gasteiger partial charge in [-0.3, -0.25) is 9.59 Å². The van der Waals surface area contributed by atoms with Crippen molar-refractivity contribution in [3.63, 3.8) is 0 Å². The zero-order valence-corrected chi connectivity index (χ0v) is 14.2. The van der Waals surface area contributed by atoms with E-state index in [9.17, 15) is 14.0 Å². The third-order valence-corrected chi connectivity index (χ3v) is 4.47. The Morgan fingerprint density at radius 2 is 1.92 bits per heavy atom. The number of hydrogen-bond donors (Lipinski definition) is 2. The fourth-order valence-electron chi connectivity index (χ4n) is 2.96. The maximum atomic E-state index is 13.9. The first-order valence-corrected chi connectivity index (χ1v) is 8.52. The molecule has 1 aliphatic carbocycles. The van der Waals surface area contributed by atoms with E-state index < -0.39 is 0 Å². The molecule has 2 aromatic rings. The van der Waals surface area contributed by atoms with Crippen molar-refractivity contribution in [2.45, 2.75) is 32.4 Å². The summed E-state index contributed by atoms with van der Waals surface area (Å²) in [6.45, 7) is 2.27. The number of carbonyl (C=O) groups is 2. The van der Waals surface area contributed by atoms with Gasteiger partial charge in [0.05, 0.1) is 6.04 Å². The van der Waals surface area contributed by atoms with Crippen LogP contribution in [0.4, 0.5) is 10.1 Å². The minimum Gasteiger partial charge on any atom is -0.321 e. The second-order valence-electron chi connectivity index (χ2n) is 6.56.